The number of hydrogen-bond donors (Lipinski definition) is 3. The van der Waals surface area contributed by atoms with E-state index in [1.54, 1.807) is 12.5 Å². The van der Waals surface area contributed by atoms with Crippen LogP contribution < -0.4 is 10.6 Å². The van der Waals surface area contributed by atoms with Gasteiger partial charge in [0.1, 0.15) is 0 Å². The maximum absolute atomic E-state index is 12.5. The summed E-state index contributed by atoms with van der Waals surface area (Å²) >= 11 is 0. The van der Waals surface area contributed by atoms with Gasteiger partial charge < -0.3 is 15.2 Å². The zero-order valence-electron chi connectivity index (χ0n) is 13.8. The first kappa shape index (κ1) is 15.6. The zero-order valence-corrected chi connectivity index (χ0v) is 13.8. The first-order valence-corrected chi connectivity index (χ1v) is 8.39. The lowest BCUT2D eigenvalue weighted by atomic mass is 10.1. The maximum Gasteiger partial charge on any atom is 0.272 e. The number of hydrogen-bond acceptors (Lipinski definition) is 4. The summed E-state index contributed by atoms with van der Waals surface area (Å²) in [6.45, 7) is 2.80. The first-order valence-electron chi connectivity index (χ1n) is 8.39. The second-order valence-electron chi connectivity index (χ2n) is 6.14. The molecular weight excluding hydrogens is 316 g/mol. The SMILES string of the molecule is O=C(NCc1ccccc1Cn1ccnc1)c1n[nH]c2c1CNCC2. The van der Waals surface area contributed by atoms with E-state index in [4.69, 9.17) is 0 Å². The molecule has 3 N–H and O–H groups in total. The molecule has 3 aromatic rings. The van der Waals surface area contributed by atoms with E-state index in [2.05, 4.69) is 31.9 Å². The van der Waals surface area contributed by atoms with Crippen LogP contribution >= 0.6 is 0 Å². The molecule has 0 aliphatic carbocycles. The van der Waals surface area contributed by atoms with Gasteiger partial charge in [-0.1, -0.05) is 24.3 Å². The molecule has 0 radical (unpaired) electrons. The molecule has 0 saturated heterocycles. The Balaban J connectivity index is 1.46. The number of aromatic nitrogens is 4. The van der Waals surface area contributed by atoms with Gasteiger partial charge in [-0.05, 0) is 11.1 Å². The summed E-state index contributed by atoms with van der Waals surface area (Å²) in [6.07, 6.45) is 6.36. The van der Waals surface area contributed by atoms with Crippen LogP contribution in [0.1, 0.15) is 32.9 Å². The predicted octanol–water partition coefficient (Wildman–Crippen LogP) is 1.23. The van der Waals surface area contributed by atoms with Crippen molar-refractivity contribution < 1.29 is 4.79 Å². The molecule has 0 unspecified atom stereocenters. The lowest BCUT2D eigenvalue weighted by Crippen LogP contribution is -2.28. The smallest absolute Gasteiger partial charge is 0.272 e. The highest BCUT2D eigenvalue weighted by Gasteiger charge is 2.21. The van der Waals surface area contributed by atoms with Crippen molar-refractivity contribution in [3.8, 4) is 0 Å². The second kappa shape index (κ2) is 6.90. The number of carbonyl (C=O) groups is 1. The summed E-state index contributed by atoms with van der Waals surface area (Å²) in [5.74, 6) is -0.140. The summed E-state index contributed by atoms with van der Waals surface area (Å²) in [6, 6.07) is 8.10. The molecule has 1 amide bonds. The Morgan fingerprint density at radius 3 is 3.00 bits per heavy atom. The van der Waals surface area contributed by atoms with Gasteiger partial charge in [0.05, 0.1) is 6.33 Å². The largest absolute Gasteiger partial charge is 0.347 e. The minimum absolute atomic E-state index is 0.140. The normalized spacial score (nSPS) is 13.4. The molecule has 0 fully saturated rings. The fourth-order valence-corrected chi connectivity index (χ4v) is 3.13. The van der Waals surface area contributed by atoms with Gasteiger partial charge in [0, 0.05) is 56.3 Å². The quantitative estimate of drug-likeness (QED) is 0.654. The lowest BCUT2D eigenvalue weighted by Gasteiger charge is -2.13. The van der Waals surface area contributed by atoms with Crippen molar-refractivity contribution in [2.45, 2.75) is 26.1 Å². The number of nitrogens with one attached hydrogen (secondary N) is 3. The molecule has 0 atom stereocenters. The predicted molar refractivity (Wildman–Crippen MR) is 92.9 cm³/mol. The van der Waals surface area contributed by atoms with E-state index in [0.717, 1.165) is 41.9 Å². The van der Waals surface area contributed by atoms with E-state index in [-0.39, 0.29) is 5.91 Å². The van der Waals surface area contributed by atoms with Gasteiger partial charge >= 0.3 is 0 Å². The molecule has 0 spiro atoms. The van der Waals surface area contributed by atoms with E-state index < -0.39 is 0 Å². The minimum atomic E-state index is -0.140. The number of fused-ring (bicyclic) bond motifs is 1. The van der Waals surface area contributed by atoms with Crippen LogP contribution in [0.3, 0.4) is 0 Å². The van der Waals surface area contributed by atoms with Crippen LogP contribution in [0.4, 0.5) is 0 Å². The summed E-state index contributed by atoms with van der Waals surface area (Å²) in [4.78, 5) is 16.6. The lowest BCUT2D eigenvalue weighted by molar-refractivity contribution is 0.0944. The molecule has 1 aliphatic rings. The summed E-state index contributed by atoms with van der Waals surface area (Å²) in [5, 5.41) is 13.5. The highest BCUT2D eigenvalue weighted by Crippen LogP contribution is 2.16. The molecular formula is C18H20N6O. The highest BCUT2D eigenvalue weighted by atomic mass is 16.1. The van der Waals surface area contributed by atoms with Gasteiger partial charge in [0.25, 0.3) is 5.91 Å². The Morgan fingerprint density at radius 2 is 2.16 bits per heavy atom. The molecule has 25 heavy (non-hydrogen) atoms. The maximum atomic E-state index is 12.5. The van der Waals surface area contributed by atoms with Crippen molar-refractivity contribution in [2.75, 3.05) is 6.54 Å². The summed E-state index contributed by atoms with van der Waals surface area (Å²) in [7, 11) is 0. The number of amides is 1. The fourth-order valence-electron chi connectivity index (χ4n) is 3.13. The monoisotopic (exact) mass is 336 g/mol. The topological polar surface area (TPSA) is 87.6 Å². The molecule has 1 aromatic carbocycles. The van der Waals surface area contributed by atoms with E-state index in [1.807, 2.05) is 29.0 Å². The van der Waals surface area contributed by atoms with Crippen LogP contribution in [0.5, 0.6) is 0 Å². The molecule has 0 saturated carbocycles. The molecule has 7 heteroatoms. The van der Waals surface area contributed by atoms with E-state index >= 15 is 0 Å². The van der Waals surface area contributed by atoms with Crippen LogP contribution in [0.15, 0.2) is 43.0 Å². The van der Waals surface area contributed by atoms with Crippen molar-refractivity contribution in [1.29, 1.82) is 0 Å². The average molecular weight is 336 g/mol. The van der Waals surface area contributed by atoms with Crippen LogP contribution in [0.2, 0.25) is 0 Å². The van der Waals surface area contributed by atoms with Crippen molar-refractivity contribution in [1.82, 2.24) is 30.4 Å². The van der Waals surface area contributed by atoms with Crippen molar-refractivity contribution >= 4 is 5.91 Å². The number of H-pyrrole nitrogens is 1. The van der Waals surface area contributed by atoms with E-state index in [1.165, 1.54) is 0 Å². The van der Waals surface area contributed by atoms with Crippen LogP contribution in [-0.2, 0) is 26.1 Å². The molecule has 128 valence electrons. The van der Waals surface area contributed by atoms with Gasteiger partial charge in [-0.15, -0.1) is 0 Å². The van der Waals surface area contributed by atoms with Crippen LogP contribution in [-0.4, -0.2) is 32.2 Å². The fraction of sp³-hybridized carbons (Fsp3) is 0.278. The number of nitrogens with zero attached hydrogens (tertiary/aromatic N) is 3. The molecule has 7 nitrogen and oxygen atoms in total. The number of aromatic amines is 1. The van der Waals surface area contributed by atoms with Gasteiger partial charge in [0.15, 0.2) is 5.69 Å². The number of imidazole rings is 1. The summed E-state index contributed by atoms with van der Waals surface area (Å²) < 4.78 is 2.01. The van der Waals surface area contributed by atoms with Crippen LogP contribution in [0.25, 0.3) is 0 Å². The Kier molecular flexibility index (Phi) is 4.30. The Bertz CT molecular complexity index is 868. The van der Waals surface area contributed by atoms with Gasteiger partial charge in [-0.2, -0.15) is 5.10 Å². The third kappa shape index (κ3) is 3.32. The average Bonchev–Trinajstić information content (AvgIpc) is 3.30. The van der Waals surface area contributed by atoms with Gasteiger partial charge in [0.2, 0.25) is 0 Å². The number of rotatable bonds is 5. The second-order valence-corrected chi connectivity index (χ2v) is 6.14. The highest BCUT2D eigenvalue weighted by molar-refractivity contribution is 5.94. The Morgan fingerprint density at radius 1 is 1.28 bits per heavy atom. The third-order valence-electron chi connectivity index (χ3n) is 4.49. The van der Waals surface area contributed by atoms with Crippen molar-refractivity contribution in [3.63, 3.8) is 0 Å². The number of benzene rings is 1. The van der Waals surface area contributed by atoms with Gasteiger partial charge in [-0.25, -0.2) is 4.98 Å². The first-order chi connectivity index (χ1) is 12.3. The molecule has 0 bridgehead atoms. The zero-order chi connectivity index (χ0) is 17.1. The molecule has 3 heterocycles. The van der Waals surface area contributed by atoms with Crippen molar-refractivity contribution in [2.24, 2.45) is 0 Å². The third-order valence-corrected chi connectivity index (χ3v) is 4.49. The van der Waals surface area contributed by atoms with Crippen LogP contribution in [0, 0.1) is 0 Å². The molecule has 1 aliphatic heterocycles. The Hall–Kier alpha value is -2.93. The number of carbonyl (C=O) groups excluding carboxylic acids is 1. The standard InChI is InChI=1S/C18H20N6O/c25-18(17-15-10-19-6-5-16(15)22-23-17)21-9-13-3-1-2-4-14(13)11-24-8-7-20-12-24/h1-4,7-8,12,19H,5-6,9-11H2,(H,21,25)(H,22,23). The van der Waals surface area contributed by atoms with Gasteiger partial charge in [-0.3, -0.25) is 9.89 Å². The molecule has 2 aromatic heterocycles. The summed E-state index contributed by atoms with van der Waals surface area (Å²) in [5.41, 5.74) is 4.78. The van der Waals surface area contributed by atoms with Crippen molar-refractivity contribution in [3.05, 3.63) is 71.1 Å². The van der Waals surface area contributed by atoms with E-state index in [0.29, 0.717) is 18.8 Å². The minimum Gasteiger partial charge on any atom is -0.347 e. The molecule has 4 rings (SSSR count). The van der Waals surface area contributed by atoms with E-state index in [9.17, 15) is 4.79 Å². The Labute approximate surface area is 145 Å².